The van der Waals surface area contributed by atoms with E-state index in [0.717, 1.165) is 78.5 Å². The number of nitrogens with two attached hydrogens (primary N) is 1. The van der Waals surface area contributed by atoms with E-state index in [-0.39, 0.29) is 35.9 Å². The topological polar surface area (TPSA) is 260 Å². The van der Waals surface area contributed by atoms with Crippen LogP contribution in [-0.4, -0.2) is 158 Å². The van der Waals surface area contributed by atoms with Gasteiger partial charge in [0.15, 0.2) is 18.4 Å². The molecule has 4 aliphatic heterocycles. The first kappa shape index (κ1) is 56.6. The highest BCUT2D eigenvalue weighted by Crippen LogP contribution is 2.41. The fraction of sp³-hybridized carbons (Fsp3) is 0.482. The standard InChI is InChI=1S/C56H71N12O10PS/c1-35(2)52(56(70)67-20-8-10-46(67)55(69)60-37(4)39-12-14-40(15-13-39)53-38(5)59-33-80-53)49-29-51(63-78-49)75-25-23-64-21-22-65(36(3)30-64)24-26-74-50-27-41(18-19-58-50)68-42-16-17-43(68)32-66(31-42)47-28-45(61-62-54(47)57)44-9-6-7-11-48(44)76-34-77-79(71,72)73/h6-7,9,11-15,18-19,27-29,33,35-37,42-43,46,52H,8,10,16-17,20-26,30-32,34H2,1-5H3,(H2,57,62)(H,60,69)(H2,71,72,73)/t36-,37+,42?,43?,46+,52?/m1/s1. The molecule has 22 nitrogen and oxygen atoms in total. The predicted molar refractivity (Wildman–Crippen MR) is 302 cm³/mol. The van der Waals surface area contributed by atoms with Gasteiger partial charge in [0.1, 0.15) is 30.9 Å². The maximum absolute atomic E-state index is 14.3. The minimum absolute atomic E-state index is 0.105. The summed E-state index contributed by atoms with van der Waals surface area (Å²) < 4.78 is 39.5. The summed E-state index contributed by atoms with van der Waals surface area (Å²) in [5.41, 5.74) is 14.3. The Bertz CT molecular complexity index is 3130. The van der Waals surface area contributed by atoms with Crippen molar-refractivity contribution in [2.45, 2.75) is 96.4 Å². The molecule has 0 spiro atoms. The van der Waals surface area contributed by atoms with Gasteiger partial charge in [-0.1, -0.05) is 50.2 Å². The Kier molecular flexibility index (Phi) is 17.6. The number of phosphoric acid groups is 1. The SMILES string of the molecule is Cc1ncsc1-c1ccc([C@H](C)NC(=O)[C@@H]2CCCN2C(=O)C(c2cc(OCCN3CCN(CCOc4cc(N5C6CCC5CN(c5cc(-c7ccccc7OCOP(=O)(O)O)nnc5N)C6)ccn4)[C@H](C)C3)no2)C(C)C)cc1. The molecule has 5 N–H and O–H groups in total. The molecule has 8 heterocycles. The number of aromatic nitrogens is 5. The van der Waals surface area contributed by atoms with Gasteiger partial charge in [0, 0.05) is 100 Å². The third kappa shape index (κ3) is 13.2. The van der Waals surface area contributed by atoms with Crippen molar-refractivity contribution < 1.29 is 47.2 Å². The van der Waals surface area contributed by atoms with Gasteiger partial charge in [0.25, 0.3) is 5.88 Å². The number of likely N-dealkylation sites (tertiary alicyclic amines) is 1. The molecular formula is C56H71N12O10PS. The van der Waals surface area contributed by atoms with Crippen LogP contribution in [0.25, 0.3) is 21.7 Å². The number of nitrogen functional groups attached to an aromatic ring is 1. The number of phosphoric ester groups is 1. The zero-order valence-corrected chi connectivity index (χ0v) is 47.5. The van der Waals surface area contributed by atoms with Gasteiger partial charge >= 0.3 is 7.82 Å². The monoisotopic (exact) mass is 1130 g/mol. The molecule has 10 rings (SSSR count). The van der Waals surface area contributed by atoms with Gasteiger partial charge < -0.3 is 54.3 Å². The number of hydrogen-bond donors (Lipinski definition) is 4. The van der Waals surface area contributed by atoms with Crippen molar-refractivity contribution in [1.29, 1.82) is 0 Å². The van der Waals surface area contributed by atoms with Crippen molar-refractivity contribution >= 4 is 48.2 Å². The number of anilines is 3. The number of piperazine rings is 2. The average molecular weight is 1140 g/mol. The second kappa shape index (κ2) is 25.0. The average Bonchev–Trinajstić information content (AvgIpc) is 4.35. The molecule has 6 atom stereocenters. The summed E-state index contributed by atoms with van der Waals surface area (Å²) in [5.74, 6) is 0.963. The fourth-order valence-corrected chi connectivity index (χ4v) is 12.7. The number of aryl methyl sites for hydroxylation is 1. The predicted octanol–water partition coefficient (Wildman–Crippen LogP) is 6.92. The van der Waals surface area contributed by atoms with Crippen LogP contribution in [-0.2, 0) is 18.7 Å². The van der Waals surface area contributed by atoms with Crippen LogP contribution in [0, 0.1) is 12.8 Å². The van der Waals surface area contributed by atoms with E-state index in [1.165, 1.54) is 0 Å². The van der Waals surface area contributed by atoms with Crippen molar-refractivity contribution in [2.75, 3.05) is 87.9 Å². The number of carbonyl (C=O) groups is 2. The van der Waals surface area contributed by atoms with Crippen LogP contribution in [0.1, 0.15) is 82.4 Å². The molecule has 4 saturated heterocycles. The summed E-state index contributed by atoms with van der Waals surface area (Å²) in [7, 11) is -4.71. The van der Waals surface area contributed by atoms with E-state index >= 15 is 0 Å². The number of nitrogens with zero attached hydrogens (tertiary/aromatic N) is 10. The lowest BCUT2D eigenvalue weighted by atomic mass is 9.91. The smallest absolute Gasteiger partial charge is 0.472 e. The molecule has 0 saturated carbocycles. The zero-order valence-electron chi connectivity index (χ0n) is 45.8. The van der Waals surface area contributed by atoms with Crippen molar-refractivity contribution in [3.8, 4) is 39.2 Å². The molecule has 2 aromatic carbocycles. The minimum Gasteiger partial charge on any atom is -0.476 e. The van der Waals surface area contributed by atoms with E-state index < -0.39 is 26.6 Å². The Labute approximate surface area is 469 Å². The highest BCUT2D eigenvalue weighted by atomic mass is 32.1. The van der Waals surface area contributed by atoms with Gasteiger partial charge in [0.05, 0.1) is 33.5 Å². The molecule has 0 radical (unpaired) electrons. The van der Waals surface area contributed by atoms with E-state index in [0.29, 0.717) is 92.2 Å². The number of ether oxygens (including phenoxy) is 3. The molecule has 80 heavy (non-hydrogen) atoms. The molecule has 3 unspecified atom stereocenters. The summed E-state index contributed by atoms with van der Waals surface area (Å²) in [6.45, 7) is 16.4. The molecule has 4 aliphatic rings. The summed E-state index contributed by atoms with van der Waals surface area (Å²) in [6.07, 6.45) is 5.16. The van der Waals surface area contributed by atoms with Crippen LogP contribution in [0.15, 0.2) is 89.0 Å². The van der Waals surface area contributed by atoms with Crippen molar-refractivity contribution in [3.05, 3.63) is 102 Å². The number of nitrogens with one attached hydrogen (secondary N) is 1. The quantitative estimate of drug-likeness (QED) is 0.0397. The van der Waals surface area contributed by atoms with Crippen LogP contribution in [0.2, 0.25) is 0 Å². The summed E-state index contributed by atoms with van der Waals surface area (Å²) >= 11 is 1.61. The van der Waals surface area contributed by atoms with Gasteiger partial charge in [-0.3, -0.25) is 19.4 Å². The number of amides is 2. The van der Waals surface area contributed by atoms with Gasteiger partial charge in [-0.25, -0.2) is 19.1 Å². The van der Waals surface area contributed by atoms with Crippen LogP contribution >= 0.6 is 19.2 Å². The molecule has 4 fully saturated rings. The molecule has 6 aromatic rings. The van der Waals surface area contributed by atoms with E-state index in [1.54, 1.807) is 40.5 Å². The summed E-state index contributed by atoms with van der Waals surface area (Å²) in [5, 5.41) is 16.0. The first-order valence-corrected chi connectivity index (χ1v) is 29.8. The Balaban J connectivity index is 0.660. The highest BCUT2D eigenvalue weighted by Gasteiger charge is 2.42. The van der Waals surface area contributed by atoms with Gasteiger partial charge in [-0.2, -0.15) is 0 Å². The summed E-state index contributed by atoms with van der Waals surface area (Å²) in [4.78, 5) is 67.5. The Morgan fingerprint density at radius 1 is 0.887 bits per heavy atom. The van der Waals surface area contributed by atoms with Gasteiger partial charge in [-0.05, 0) is 92.9 Å². The largest absolute Gasteiger partial charge is 0.476 e. The maximum atomic E-state index is 14.3. The molecule has 426 valence electrons. The minimum atomic E-state index is -4.71. The third-order valence-corrected chi connectivity index (χ3v) is 17.2. The van der Waals surface area contributed by atoms with Crippen molar-refractivity contribution in [1.82, 2.24) is 45.3 Å². The van der Waals surface area contributed by atoms with Crippen LogP contribution in [0.3, 0.4) is 0 Å². The molecule has 24 heteroatoms. The molecule has 2 bridgehead atoms. The Morgan fingerprint density at radius 3 is 2.39 bits per heavy atom. The third-order valence-electron chi connectivity index (χ3n) is 15.7. The Morgan fingerprint density at radius 2 is 1.65 bits per heavy atom. The van der Waals surface area contributed by atoms with E-state index in [4.69, 9.17) is 34.3 Å². The number of rotatable bonds is 22. The Hall–Kier alpha value is -6.72. The van der Waals surface area contributed by atoms with Crippen molar-refractivity contribution in [2.24, 2.45) is 5.92 Å². The lowest BCUT2D eigenvalue weighted by molar-refractivity contribution is -0.141. The first-order valence-electron chi connectivity index (χ1n) is 27.4. The van der Waals surface area contributed by atoms with Crippen LogP contribution in [0.5, 0.6) is 17.5 Å². The number of fused-ring (bicyclic) bond motifs is 2. The lowest BCUT2D eigenvalue weighted by Crippen LogP contribution is -2.54. The van der Waals surface area contributed by atoms with E-state index in [2.05, 4.69) is 73.8 Å². The number of benzene rings is 2. The van der Waals surface area contributed by atoms with Crippen molar-refractivity contribution in [3.63, 3.8) is 0 Å². The number of hydrogen-bond acceptors (Lipinski definition) is 19. The fourth-order valence-electron chi connectivity index (χ4n) is 11.7. The normalized spacial score (nSPS) is 20.5. The zero-order chi connectivity index (χ0) is 56.1. The molecular weight excluding hydrogens is 1060 g/mol. The number of thiazole rings is 1. The molecule has 4 aromatic heterocycles. The van der Waals surface area contributed by atoms with Crippen LogP contribution in [0.4, 0.5) is 17.2 Å². The second-order valence-corrected chi connectivity index (χ2v) is 23.5. The first-order chi connectivity index (χ1) is 38.6. The highest BCUT2D eigenvalue weighted by molar-refractivity contribution is 7.46. The molecule has 2 amide bonds. The molecule has 0 aliphatic carbocycles. The maximum Gasteiger partial charge on any atom is 0.472 e. The van der Waals surface area contributed by atoms with Crippen LogP contribution < -0.4 is 35.1 Å². The second-order valence-electron chi connectivity index (χ2n) is 21.4. The lowest BCUT2D eigenvalue weighted by Gasteiger charge is -2.43. The summed E-state index contributed by atoms with van der Waals surface area (Å²) in [6, 6.07) is 22.8. The van der Waals surface area contributed by atoms with E-state index in [1.807, 2.05) is 75.8 Å². The van der Waals surface area contributed by atoms with E-state index in [9.17, 15) is 14.2 Å². The van der Waals surface area contributed by atoms with Gasteiger partial charge in [-0.15, -0.1) is 21.5 Å². The number of pyridine rings is 1. The number of para-hydroxylation sites is 1. The van der Waals surface area contributed by atoms with Gasteiger partial charge in [0.2, 0.25) is 17.7 Å². The number of carbonyl (C=O) groups excluding carboxylic acids is 2.